The molecule has 0 saturated heterocycles. The lowest BCUT2D eigenvalue weighted by Crippen LogP contribution is -2.37. The molecule has 1 aliphatic rings. The fourth-order valence-corrected chi connectivity index (χ4v) is 2.92. The Morgan fingerprint density at radius 2 is 2.09 bits per heavy atom. The molecule has 0 fully saturated rings. The Hall–Kier alpha value is -2.14. The maximum Gasteiger partial charge on any atom is 0.248 e. The average molecular weight is 321 g/mol. The lowest BCUT2D eigenvalue weighted by Gasteiger charge is -2.28. The minimum atomic E-state index is -0.447. The Bertz CT molecular complexity index is 768. The highest BCUT2D eigenvalue weighted by Crippen LogP contribution is 2.19. The fraction of sp³-hybridized carbons (Fsp3) is 0.250. The zero-order valence-electron chi connectivity index (χ0n) is 11.7. The summed E-state index contributed by atoms with van der Waals surface area (Å²) in [6, 6.07) is 5.70. The first-order chi connectivity index (χ1) is 10.5. The number of amides is 1. The van der Waals surface area contributed by atoms with E-state index in [9.17, 15) is 14.0 Å². The zero-order valence-corrected chi connectivity index (χ0v) is 12.5. The summed E-state index contributed by atoms with van der Waals surface area (Å²) in [5.74, 6) is -0.532. The highest BCUT2D eigenvalue weighted by molar-refractivity contribution is 6.30. The van der Waals surface area contributed by atoms with Gasteiger partial charge in [-0.2, -0.15) is 0 Å². The van der Waals surface area contributed by atoms with Crippen molar-refractivity contribution < 1.29 is 9.18 Å². The van der Waals surface area contributed by atoms with Crippen LogP contribution in [0.4, 0.5) is 4.39 Å². The van der Waals surface area contributed by atoms with Crippen molar-refractivity contribution in [1.29, 1.82) is 0 Å². The van der Waals surface area contributed by atoms with Crippen LogP contribution in [0.25, 0.3) is 0 Å². The minimum Gasteiger partial charge on any atom is -0.338 e. The molecule has 0 unspecified atom stereocenters. The molecular formula is C16H14ClFN2O2. The van der Waals surface area contributed by atoms with E-state index in [1.165, 1.54) is 12.1 Å². The van der Waals surface area contributed by atoms with E-state index in [0.717, 1.165) is 11.1 Å². The van der Waals surface area contributed by atoms with E-state index in [2.05, 4.69) is 4.98 Å². The van der Waals surface area contributed by atoms with E-state index in [1.54, 1.807) is 23.2 Å². The quantitative estimate of drug-likeness (QED) is 0.923. The Balaban J connectivity index is 1.74. The van der Waals surface area contributed by atoms with Gasteiger partial charge < -0.3 is 9.88 Å². The van der Waals surface area contributed by atoms with Crippen LogP contribution in [0.1, 0.15) is 16.7 Å². The number of rotatable bonds is 2. The first-order valence-electron chi connectivity index (χ1n) is 6.94. The monoisotopic (exact) mass is 320 g/mol. The number of hydrogen-bond donors (Lipinski definition) is 1. The van der Waals surface area contributed by atoms with Crippen LogP contribution in [-0.4, -0.2) is 22.3 Å². The number of hydrogen-bond acceptors (Lipinski definition) is 2. The standard InChI is InChI=1S/C16H14ClFN2O2/c17-13-3-10(4-14(18)7-13)5-16(22)20-2-1-11-6-15(21)19-8-12(11)9-20/h3-4,6-8H,1-2,5,9H2,(H,19,21). The Labute approximate surface area is 131 Å². The van der Waals surface area contributed by atoms with Crippen molar-refractivity contribution in [2.45, 2.75) is 19.4 Å². The largest absolute Gasteiger partial charge is 0.338 e. The summed E-state index contributed by atoms with van der Waals surface area (Å²) in [4.78, 5) is 28.0. The molecular weight excluding hydrogens is 307 g/mol. The lowest BCUT2D eigenvalue weighted by atomic mass is 10.0. The van der Waals surface area contributed by atoms with Gasteiger partial charge in [0.25, 0.3) is 0 Å². The van der Waals surface area contributed by atoms with Gasteiger partial charge in [-0.25, -0.2) is 4.39 Å². The summed E-state index contributed by atoms with van der Waals surface area (Å²) in [5.41, 5.74) is 2.34. The predicted octanol–water partition coefficient (Wildman–Crippen LogP) is 2.29. The molecule has 0 atom stereocenters. The van der Waals surface area contributed by atoms with Crippen LogP contribution in [0.2, 0.25) is 5.02 Å². The number of carbonyl (C=O) groups is 1. The topological polar surface area (TPSA) is 53.2 Å². The number of H-pyrrole nitrogens is 1. The Morgan fingerprint density at radius 1 is 1.27 bits per heavy atom. The molecule has 3 rings (SSSR count). The highest BCUT2D eigenvalue weighted by Gasteiger charge is 2.21. The Kier molecular flexibility index (Phi) is 3.98. The molecule has 2 aromatic rings. The summed E-state index contributed by atoms with van der Waals surface area (Å²) in [5, 5.41) is 0.282. The summed E-state index contributed by atoms with van der Waals surface area (Å²) in [7, 11) is 0. The molecule has 1 aliphatic heterocycles. The van der Waals surface area contributed by atoms with Crippen molar-refractivity contribution in [3.63, 3.8) is 0 Å². The second kappa shape index (κ2) is 5.93. The first kappa shape index (κ1) is 14.8. The molecule has 0 spiro atoms. The number of halogens is 2. The van der Waals surface area contributed by atoms with E-state index < -0.39 is 5.82 Å². The molecule has 2 heterocycles. The zero-order chi connectivity index (χ0) is 15.7. The van der Waals surface area contributed by atoms with Crippen molar-refractivity contribution >= 4 is 17.5 Å². The van der Waals surface area contributed by atoms with Crippen molar-refractivity contribution in [3.05, 3.63) is 68.3 Å². The molecule has 22 heavy (non-hydrogen) atoms. The molecule has 1 N–H and O–H groups in total. The number of aromatic nitrogens is 1. The van der Waals surface area contributed by atoms with Gasteiger partial charge in [-0.15, -0.1) is 0 Å². The van der Waals surface area contributed by atoms with Gasteiger partial charge in [-0.3, -0.25) is 9.59 Å². The van der Waals surface area contributed by atoms with Gasteiger partial charge in [0.2, 0.25) is 11.5 Å². The third-order valence-electron chi connectivity index (χ3n) is 3.75. The third kappa shape index (κ3) is 3.20. The molecule has 4 nitrogen and oxygen atoms in total. The SMILES string of the molecule is O=C(Cc1cc(F)cc(Cl)c1)N1CCc2cc(=O)[nH]cc2C1. The van der Waals surface area contributed by atoms with E-state index in [4.69, 9.17) is 11.6 Å². The van der Waals surface area contributed by atoms with E-state index in [1.807, 2.05) is 0 Å². The normalized spacial score (nSPS) is 13.8. The van der Waals surface area contributed by atoms with Crippen LogP contribution < -0.4 is 5.56 Å². The second-order valence-corrected chi connectivity index (χ2v) is 5.80. The number of nitrogens with one attached hydrogen (secondary N) is 1. The first-order valence-corrected chi connectivity index (χ1v) is 7.32. The molecule has 1 amide bonds. The van der Waals surface area contributed by atoms with Crippen LogP contribution >= 0.6 is 11.6 Å². The Morgan fingerprint density at radius 3 is 2.86 bits per heavy atom. The number of benzene rings is 1. The number of nitrogens with zero attached hydrogens (tertiary/aromatic N) is 1. The molecule has 0 bridgehead atoms. The molecule has 1 aromatic carbocycles. The minimum absolute atomic E-state index is 0.0847. The van der Waals surface area contributed by atoms with Crippen LogP contribution in [0.5, 0.6) is 0 Å². The van der Waals surface area contributed by atoms with Crippen LogP contribution in [0.15, 0.2) is 35.3 Å². The maximum atomic E-state index is 13.3. The number of fused-ring (bicyclic) bond motifs is 1. The van der Waals surface area contributed by atoms with Gasteiger partial charge in [0, 0.05) is 30.4 Å². The second-order valence-electron chi connectivity index (χ2n) is 5.37. The molecule has 0 radical (unpaired) electrons. The van der Waals surface area contributed by atoms with Gasteiger partial charge in [0.1, 0.15) is 5.82 Å². The van der Waals surface area contributed by atoms with Gasteiger partial charge in [-0.05, 0) is 41.3 Å². The molecule has 1 aromatic heterocycles. The third-order valence-corrected chi connectivity index (χ3v) is 3.97. The van der Waals surface area contributed by atoms with Gasteiger partial charge in [0.15, 0.2) is 0 Å². The van der Waals surface area contributed by atoms with Gasteiger partial charge in [0.05, 0.1) is 6.42 Å². The van der Waals surface area contributed by atoms with Crippen LogP contribution in [0.3, 0.4) is 0 Å². The summed E-state index contributed by atoms with van der Waals surface area (Å²) in [6.07, 6.45) is 2.40. The van der Waals surface area contributed by atoms with Crippen LogP contribution in [-0.2, 0) is 24.2 Å². The smallest absolute Gasteiger partial charge is 0.248 e. The maximum absolute atomic E-state index is 13.3. The van der Waals surface area contributed by atoms with Crippen molar-refractivity contribution in [1.82, 2.24) is 9.88 Å². The van der Waals surface area contributed by atoms with Crippen molar-refractivity contribution in [2.75, 3.05) is 6.54 Å². The van der Waals surface area contributed by atoms with E-state index >= 15 is 0 Å². The molecule has 114 valence electrons. The lowest BCUT2D eigenvalue weighted by molar-refractivity contribution is -0.131. The summed E-state index contributed by atoms with van der Waals surface area (Å²) >= 11 is 5.80. The van der Waals surface area contributed by atoms with Gasteiger partial charge >= 0.3 is 0 Å². The van der Waals surface area contributed by atoms with E-state index in [0.29, 0.717) is 25.1 Å². The molecule has 6 heteroatoms. The summed E-state index contributed by atoms with van der Waals surface area (Å²) < 4.78 is 13.3. The predicted molar refractivity (Wildman–Crippen MR) is 81.3 cm³/mol. The number of carbonyl (C=O) groups excluding carboxylic acids is 1. The molecule has 0 saturated carbocycles. The van der Waals surface area contributed by atoms with E-state index in [-0.39, 0.29) is 22.9 Å². The highest BCUT2D eigenvalue weighted by atomic mass is 35.5. The summed E-state index contributed by atoms with van der Waals surface area (Å²) in [6.45, 7) is 1.01. The van der Waals surface area contributed by atoms with Gasteiger partial charge in [-0.1, -0.05) is 11.6 Å². The fourth-order valence-electron chi connectivity index (χ4n) is 2.68. The van der Waals surface area contributed by atoms with Crippen molar-refractivity contribution in [2.24, 2.45) is 0 Å². The van der Waals surface area contributed by atoms with Crippen LogP contribution in [0, 0.1) is 5.82 Å². The number of aromatic amines is 1. The molecule has 0 aliphatic carbocycles. The number of pyridine rings is 1. The average Bonchev–Trinajstić information content (AvgIpc) is 2.45. The van der Waals surface area contributed by atoms with Crippen molar-refractivity contribution in [3.8, 4) is 0 Å².